The lowest BCUT2D eigenvalue weighted by molar-refractivity contribution is -0.119. The third-order valence-electron chi connectivity index (χ3n) is 2.88. The van der Waals surface area contributed by atoms with Gasteiger partial charge >= 0.3 is 5.97 Å². The van der Waals surface area contributed by atoms with Gasteiger partial charge in [0.1, 0.15) is 11.5 Å². The van der Waals surface area contributed by atoms with Crippen LogP contribution in [0.1, 0.15) is 30.0 Å². The summed E-state index contributed by atoms with van der Waals surface area (Å²) in [4.78, 5) is 23.7. The number of rotatable bonds is 7. The molecule has 1 aromatic heterocycles. The number of carbonyl (C=O) groups is 2. The molecule has 0 aliphatic heterocycles. The van der Waals surface area contributed by atoms with E-state index in [-0.39, 0.29) is 5.82 Å². The van der Waals surface area contributed by atoms with Crippen LogP contribution in [0, 0.1) is 12.8 Å². The second-order valence-corrected chi connectivity index (χ2v) is 5.68. The van der Waals surface area contributed by atoms with Gasteiger partial charge in [-0.1, -0.05) is 25.1 Å². The standard InChI is InChI=1S/C17H20N2O5/c1-11(2)9-22-14-6-4-5-13(8-14)17(21)23-10-16(20)18-15-7-12(3)24-19-15/h4-8,11H,9-10H2,1-3H3,(H,18,19,20). The molecule has 2 aromatic rings. The van der Waals surface area contributed by atoms with Crippen molar-refractivity contribution >= 4 is 17.7 Å². The minimum Gasteiger partial charge on any atom is -0.493 e. The fourth-order valence-electron chi connectivity index (χ4n) is 1.79. The molecule has 0 unspecified atom stereocenters. The van der Waals surface area contributed by atoms with E-state index in [0.29, 0.717) is 29.6 Å². The van der Waals surface area contributed by atoms with Crippen molar-refractivity contribution in [3.8, 4) is 5.75 Å². The number of aryl methyl sites for hydroxylation is 1. The molecule has 1 aromatic carbocycles. The molecule has 7 heteroatoms. The molecule has 0 radical (unpaired) electrons. The highest BCUT2D eigenvalue weighted by Crippen LogP contribution is 2.15. The molecule has 0 atom stereocenters. The summed E-state index contributed by atoms with van der Waals surface area (Å²) in [6.07, 6.45) is 0. The molecule has 128 valence electrons. The number of ether oxygens (including phenoxy) is 2. The maximum absolute atomic E-state index is 12.0. The van der Waals surface area contributed by atoms with Crippen LogP contribution in [-0.2, 0) is 9.53 Å². The van der Waals surface area contributed by atoms with Gasteiger partial charge in [0.05, 0.1) is 12.2 Å². The molecule has 1 heterocycles. The highest BCUT2D eigenvalue weighted by atomic mass is 16.5. The normalized spacial score (nSPS) is 10.5. The highest BCUT2D eigenvalue weighted by Gasteiger charge is 2.12. The van der Waals surface area contributed by atoms with Crippen LogP contribution in [-0.4, -0.2) is 30.2 Å². The molecular formula is C17H20N2O5. The molecular weight excluding hydrogens is 312 g/mol. The highest BCUT2D eigenvalue weighted by molar-refractivity contribution is 5.95. The number of aromatic nitrogens is 1. The molecule has 24 heavy (non-hydrogen) atoms. The van der Waals surface area contributed by atoms with Gasteiger partial charge < -0.3 is 19.3 Å². The first-order valence-corrected chi connectivity index (χ1v) is 7.57. The lowest BCUT2D eigenvalue weighted by Gasteiger charge is -2.10. The van der Waals surface area contributed by atoms with Crippen LogP contribution in [0.5, 0.6) is 5.75 Å². The van der Waals surface area contributed by atoms with E-state index in [1.165, 1.54) is 0 Å². The first-order chi connectivity index (χ1) is 11.4. The Morgan fingerprint density at radius 2 is 2.08 bits per heavy atom. The average molecular weight is 332 g/mol. The SMILES string of the molecule is Cc1cc(NC(=O)COC(=O)c2cccc(OCC(C)C)c2)no1. The molecule has 7 nitrogen and oxygen atoms in total. The zero-order valence-corrected chi connectivity index (χ0v) is 13.9. The van der Waals surface area contributed by atoms with Crippen molar-refractivity contribution in [2.24, 2.45) is 5.92 Å². The van der Waals surface area contributed by atoms with Crippen LogP contribution in [0.25, 0.3) is 0 Å². The first kappa shape index (κ1) is 17.5. The molecule has 0 saturated heterocycles. The molecule has 0 saturated carbocycles. The number of anilines is 1. The second kappa shape index (κ2) is 8.14. The summed E-state index contributed by atoms with van der Waals surface area (Å²) in [5, 5.41) is 6.09. The average Bonchev–Trinajstić information content (AvgIpc) is 2.95. The van der Waals surface area contributed by atoms with Crippen LogP contribution in [0.3, 0.4) is 0 Å². The van der Waals surface area contributed by atoms with Crippen molar-refractivity contribution in [1.29, 1.82) is 0 Å². The Morgan fingerprint density at radius 3 is 2.75 bits per heavy atom. The van der Waals surface area contributed by atoms with Gasteiger partial charge in [-0.3, -0.25) is 4.79 Å². The number of nitrogens with zero attached hydrogens (tertiary/aromatic N) is 1. The van der Waals surface area contributed by atoms with Gasteiger partial charge in [-0.25, -0.2) is 4.79 Å². The monoisotopic (exact) mass is 332 g/mol. The number of esters is 1. The fourth-order valence-corrected chi connectivity index (χ4v) is 1.79. The summed E-state index contributed by atoms with van der Waals surface area (Å²) >= 11 is 0. The maximum atomic E-state index is 12.0. The van der Waals surface area contributed by atoms with E-state index in [1.807, 2.05) is 13.8 Å². The van der Waals surface area contributed by atoms with Crippen LogP contribution in [0.15, 0.2) is 34.9 Å². The summed E-state index contributed by atoms with van der Waals surface area (Å²) in [5.41, 5.74) is 0.321. The minimum absolute atomic E-state index is 0.276. The summed E-state index contributed by atoms with van der Waals surface area (Å²) in [7, 11) is 0. The van der Waals surface area contributed by atoms with Crippen LogP contribution >= 0.6 is 0 Å². The summed E-state index contributed by atoms with van der Waals surface area (Å²) in [5.74, 6) is 0.712. The number of carbonyl (C=O) groups excluding carboxylic acids is 2. The topological polar surface area (TPSA) is 90.7 Å². The van der Waals surface area contributed by atoms with Gasteiger partial charge in [0, 0.05) is 6.07 Å². The van der Waals surface area contributed by atoms with Crippen molar-refractivity contribution in [1.82, 2.24) is 5.16 Å². The van der Waals surface area contributed by atoms with Crippen LogP contribution < -0.4 is 10.1 Å². The van der Waals surface area contributed by atoms with Crippen molar-refractivity contribution in [3.63, 3.8) is 0 Å². The van der Waals surface area contributed by atoms with Gasteiger partial charge in [-0.15, -0.1) is 0 Å². The van der Waals surface area contributed by atoms with Gasteiger partial charge in [0.15, 0.2) is 12.4 Å². The van der Waals surface area contributed by atoms with E-state index in [2.05, 4.69) is 10.5 Å². The molecule has 1 amide bonds. The minimum atomic E-state index is -0.600. The maximum Gasteiger partial charge on any atom is 0.338 e. The lowest BCUT2D eigenvalue weighted by Crippen LogP contribution is -2.21. The number of hydrogen-bond acceptors (Lipinski definition) is 6. The van der Waals surface area contributed by atoms with Crippen molar-refractivity contribution < 1.29 is 23.6 Å². The smallest absolute Gasteiger partial charge is 0.338 e. The van der Waals surface area contributed by atoms with E-state index >= 15 is 0 Å². The third kappa shape index (κ3) is 5.42. The Balaban J connectivity index is 1.85. The zero-order chi connectivity index (χ0) is 17.5. The Bertz CT molecular complexity index is 709. The van der Waals surface area contributed by atoms with Crippen molar-refractivity contribution in [3.05, 3.63) is 41.7 Å². The van der Waals surface area contributed by atoms with Gasteiger partial charge in [-0.2, -0.15) is 0 Å². The third-order valence-corrected chi connectivity index (χ3v) is 2.88. The lowest BCUT2D eigenvalue weighted by atomic mass is 10.2. The number of amides is 1. The molecule has 0 spiro atoms. The van der Waals surface area contributed by atoms with Gasteiger partial charge in [0.2, 0.25) is 0 Å². The Kier molecular flexibility index (Phi) is 5.95. The summed E-state index contributed by atoms with van der Waals surface area (Å²) in [6.45, 7) is 5.91. The Morgan fingerprint density at radius 1 is 1.29 bits per heavy atom. The number of hydrogen-bond donors (Lipinski definition) is 1. The molecule has 0 fully saturated rings. The van der Waals surface area contributed by atoms with E-state index in [1.54, 1.807) is 37.3 Å². The van der Waals surface area contributed by atoms with Crippen molar-refractivity contribution in [2.75, 3.05) is 18.5 Å². The molecule has 1 N–H and O–H groups in total. The number of nitrogens with one attached hydrogen (secondary N) is 1. The first-order valence-electron chi connectivity index (χ1n) is 7.57. The summed E-state index contributed by atoms with van der Waals surface area (Å²) in [6, 6.07) is 8.21. The summed E-state index contributed by atoms with van der Waals surface area (Å²) < 4.78 is 15.4. The van der Waals surface area contributed by atoms with E-state index < -0.39 is 18.5 Å². The zero-order valence-electron chi connectivity index (χ0n) is 13.9. The second-order valence-electron chi connectivity index (χ2n) is 5.68. The Hall–Kier alpha value is -2.83. The largest absolute Gasteiger partial charge is 0.493 e. The van der Waals surface area contributed by atoms with Crippen LogP contribution in [0.4, 0.5) is 5.82 Å². The predicted octanol–water partition coefficient (Wildman–Crippen LogP) is 2.81. The molecule has 0 bridgehead atoms. The van der Waals surface area contributed by atoms with E-state index in [9.17, 15) is 9.59 Å². The van der Waals surface area contributed by atoms with E-state index in [4.69, 9.17) is 14.0 Å². The van der Waals surface area contributed by atoms with Crippen LogP contribution in [0.2, 0.25) is 0 Å². The molecule has 0 aliphatic carbocycles. The Labute approximate surface area is 139 Å². The predicted molar refractivity (Wildman–Crippen MR) is 86.9 cm³/mol. The van der Waals surface area contributed by atoms with Crippen molar-refractivity contribution in [2.45, 2.75) is 20.8 Å². The molecule has 0 aliphatic rings. The van der Waals surface area contributed by atoms with Gasteiger partial charge in [-0.05, 0) is 31.0 Å². The molecule has 2 rings (SSSR count). The fraction of sp³-hybridized carbons (Fsp3) is 0.353. The van der Waals surface area contributed by atoms with Gasteiger partial charge in [0.25, 0.3) is 5.91 Å². The van der Waals surface area contributed by atoms with E-state index in [0.717, 1.165) is 0 Å². The quantitative estimate of drug-likeness (QED) is 0.784. The number of benzene rings is 1.